The molecule has 1 aromatic carbocycles. The van der Waals surface area contributed by atoms with E-state index in [1.807, 2.05) is 13.0 Å². The average Bonchev–Trinajstić information content (AvgIpc) is 2.61. The Hall–Kier alpha value is -1.05. The van der Waals surface area contributed by atoms with Crippen LogP contribution in [0.25, 0.3) is 10.9 Å². The highest BCUT2D eigenvalue weighted by Crippen LogP contribution is 2.32. The maximum atomic E-state index is 9.08. The lowest BCUT2D eigenvalue weighted by Gasteiger charge is -1.97. The first-order valence-electron chi connectivity index (χ1n) is 4.43. The van der Waals surface area contributed by atoms with E-state index >= 15 is 0 Å². The van der Waals surface area contributed by atoms with Gasteiger partial charge in [0.25, 0.3) is 0 Å². The molecule has 0 bridgehead atoms. The standard InChI is InChI=1S/C10H7BrClN3/c1-2-15-8(5-13)9-7(14-15)4-3-6(12)10(9)11/h3-4H,2H2,1H3. The fraction of sp³-hybridized carbons (Fsp3) is 0.200. The van der Waals surface area contributed by atoms with Crippen molar-refractivity contribution in [3.63, 3.8) is 0 Å². The van der Waals surface area contributed by atoms with Gasteiger partial charge < -0.3 is 0 Å². The van der Waals surface area contributed by atoms with Crippen LogP contribution in [0.4, 0.5) is 0 Å². The van der Waals surface area contributed by atoms with Crippen LogP contribution < -0.4 is 0 Å². The Bertz CT molecular complexity index is 568. The van der Waals surface area contributed by atoms with Gasteiger partial charge in [-0.1, -0.05) is 11.6 Å². The number of aromatic nitrogens is 2. The van der Waals surface area contributed by atoms with E-state index < -0.39 is 0 Å². The third-order valence-electron chi connectivity index (χ3n) is 2.20. The Labute approximate surface area is 100 Å². The maximum Gasteiger partial charge on any atom is 0.147 e. The second-order valence-corrected chi connectivity index (χ2v) is 4.23. The van der Waals surface area contributed by atoms with Crippen LogP contribution in [0.2, 0.25) is 5.02 Å². The molecule has 0 spiro atoms. The zero-order valence-electron chi connectivity index (χ0n) is 7.96. The summed E-state index contributed by atoms with van der Waals surface area (Å²) >= 11 is 9.35. The van der Waals surface area contributed by atoms with Crippen molar-refractivity contribution in [2.75, 3.05) is 0 Å². The van der Waals surface area contributed by atoms with Crippen molar-refractivity contribution in [2.24, 2.45) is 0 Å². The van der Waals surface area contributed by atoms with Crippen molar-refractivity contribution in [3.05, 3.63) is 27.3 Å². The van der Waals surface area contributed by atoms with Gasteiger partial charge >= 0.3 is 0 Å². The van der Waals surface area contributed by atoms with Crippen LogP contribution >= 0.6 is 27.5 Å². The molecule has 5 heteroatoms. The highest BCUT2D eigenvalue weighted by atomic mass is 79.9. The van der Waals surface area contributed by atoms with Crippen molar-refractivity contribution in [1.82, 2.24) is 9.78 Å². The van der Waals surface area contributed by atoms with Gasteiger partial charge in [0.1, 0.15) is 11.8 Å². The van der Waals surface area contributed by atoms with Gasteiger partial charge in [-0.15, -0.1) is 0 Å². The monoisotopic (exact) mass is 283 g/mol. The second-order valence-electron chi connectivity index (χ2n) is 3.03. The minimum atomic E-state index is 0.543. The number of hydrogen-bond acceptors (Lipinski definition) is 2. The van der Waals surface area contributed by atoms with Gasteiger partial charge in [0, 0.05) is 11.0 Å². The molecular weight excluding hydrogens is 277 g/mol. The molecule has 0 saturated heterocycles. The summed E-state index contributed by atoms with van der Waals surface area (Å²) in [4.78, 5) is 0. The van der Waals surface area contributed by atoms with Crippen molar-refractivity contribution in [1.29, 1.82) is 5.26 Å². The summed E-state index contributed by atoms with van der Waals surface area (Å²) in [5, 5.41) is 14.8. The molecule has 1 aromatic heterocycles. The van der Waals surface area contributed by atoms with E-state index in [2.05, 4.69) is 27.1 Å². The first kappa shape index (κ1) is 10.5. The number of hydrogen-bond donors (Lipinski definition) is 0. The molecule has 0 aliphatic heterocycles. The van der Waals surface area contributed by atoms with Gasteiger partial charge in [-0.05, 0) is 35.0 Å². The predicted molar refractivity (Wildman–Crippen MR) is 62.8 cm³/mol. The molecule has 0 radical (unpaired) electrons. The van der Waals surface area contributed by atoms with Crippen LogP contribution in [0, 0.1) is 11.3 Å². The average molecular weight is 285 g/mol. The van der Waals surface area contributed by atoms with Crippen molar-refractivity contribution >= 4 is 38.4 Å². The summed E-state index contributed by atoms with van der Waals surface area (Å²) in [6.45, 7) is 2.61. The Morgan fingerprint density at radius 3 is 2.93 bits per heavy atom. The van der Waals surface area contributed by atoms with Gasteiger partial charge in [0.2, 0.25) is 0 Å². The summed E-state index contributed by atoms with van der Waals surface area (Å²) in [7, 11) is 0. The van der Waals surface area contributed by atoms with Gasteiger partial charge in [-0.3, -0.25) is 4.68 Å². The fourth-order valence-corrected chi connectivity index (χ4v) is 2.18. The van der Waals surface area contributed by atoms with Crippen LogP contribution in [0.3, 0.4) is 0 Å². The topological polar surface area (TPSA) is 41.6 Å². The SMILES string of the molecule is CCn1nc2ccc(Cl)c(Br)c2c1C#N. The Kier molecular flexibility index (Phi) is 2.68. The first-order chi connectivity index (χ1) is 7.19. The molecule has 3 nitrogen and oxygen atoms in total. The van der Waals surface area contributed by atoms with Gasteiger partial charge in [-0.25, -0.2) is 0 Å². The van der Waals surface area contributed by atoms with E-state index in [0.717, 1.165) is 15.4 Å². The fourth-order valence-electron chi connectivity index (χ4n) is 1.50. The largest absolute Gasteiger partial charge is 0.254 e. The van der Waals surface area contributed by atoms with Crippen LogP contribution in [0.1, 0.15) is 12.6 Å². The van der Waals surface area contributed by atoms with Crippen LogP contribution in [0.5, 0.6) is 0 Å². The summed E-state index contributed by atoms with van der Waals surface area (Å²) in [5.74, 6) is 0. The summed E-state index contributed by atoms with van der Waals surface area (Å²) in [6.07, 6.45) is 0. The Balaban J connectivity index is 2.93. The molecular formula is C10H7BrClN3. The molecule has 0 unspecified atom stereocenters. The molecule has 0 aliphatic carbocycles. The molecule has 0 atom stereocenters. The highest BCUT2D eigenvalue weighted by Gasteiger charge is 2.14. The molecule has 15 heavy (non-hydrogen) atoms. The molecule has 76 valence electrons. The van der Waals surface area contributed by atoms with Crippen molar-refractivity contribution < 1.29 is 0 Å². The van der Waals surface area contributed by atoms with Crippen molar-refractivity contribution in [3.8, 4) is 6.07 Å². The van der Waals surface area contributed by atoms with E-state index in [0.29, 0.717) is 17.3 Å². The number of aryl methyl sites for hydroxylation is 1. The quantitative estimate of drug-likeness (QED) is 0.806. The highest BCUT2D eigenvalue weighted by molar-refractivity contribution is 9.10. The molecule has 0 N–H and O–H groups in total. The number of rotatable bonds is 1. The maximum absolute atomic E-state index is 9.08. The third kappa shape index (κ3) is 1.52. The minimum Gasteiger partial charge on any atom is -0.254 e. The second kappa shape index (κ2) is 3.84. The van der Waals surface area contributed by atoms with Gasteiger partial charge in [0.15, 0.2) is 0 Å². The zero-order chi connectivity index (χ0) is 11.0. The smallest absolute Gasteiger partial charge is 0.147 e. The lowest BCUT2D eigenvalue weighted by molar-refractivity contribution is 0.659. The van der Waals surface area contributed by atoms with E-state index in [1.54, 1.807) is 10.7 Å². The van der Waals surface area contributed by atoms with E-state index in [9.17, 15) is 0 Å². The van der Waals surface area contributed by atoms with E-state index in [-0.39, 0.29) is 0 Å². The third-order valence-corrected chi connectivity index (χ3v) is 3.57. The lowest BCUT2D eigenvalue weighted by Crippen LogP contribution is -1.98. The molecule has 0 amide bonds. The minimum absolute atomic E-state index is 0.543. The molecule has 0 saturated carbocycles. The van der Waals surface area contributed by atoms with Crippen LogP contribution in [0.15, 0.2) is 16.6 Å². The molecule has 2 rings (SSSR count). The zero-order valence-corrected chi connectivity index (χ0v) is 10.3. The molecule has 2 aromatic rings. The van der Waals surface area contributed by atoms with E-state index in [4.69, 9.17) is 16.9 Å². The summed E-state index contributed by atoms with van der Waals surface area (Å²) in [6, 6.07) is 5.73. The van der Waals surface area contributed by atoms with Crippen molar-refractivity contribution in [2.45, 2.75) is 13.5 Å². The first-order valence-corrected chi connectivity index (χ1v) is 5.60. The lowest BCUT2D eigenvalue weighted by atomic mass is 10.2. The number of halogens is 2. The van der Waals surface area contributed by atoms with Gasteiger partial charge in [0.05, 0.1) is 15.9 Å². The Morgan fingerprint density at radius 1 is 1.60 bits per heavy atom. The molecule has 1 heterocycles. The molecule has 0 aliphatic rings. The predicted octanol–water partition coefficient (Wildman–Crippen LogP) is 3.34. The van der Waals surface area contributed by atoms with Gasteiger partial charge in [-0.2, -0.15) is 10.4 Å². The number of benzene rings is 1. The molecule has 0 fully saturated rings. The Morgan fingerprint density at radius 2 is 2.33 bits per heavy atom. The van der Waals surface area contributed by atoms with E-state index in [1.165, 1.54) is 0 Å². The normalized spacial score (nSPS) is 10.5. The number of fused-ring (bicyclic) bond motifs is 1. The number of nitriles is 1. The summed E-state index contributed by atoms with van der Waals surface area (Å²) < 4.78 is 2.41. The van der Waals surface area contributed by atoms with Crippen LogP contribution in [-0.4, -0.2) is 9.78 Å². The summed E-state index contributed by atoms with van der Waals surface area (Å²) in [5.41, 5.74) is 1.33. The number of nitrogens with zero attached hydrogens (tertiary/aromatic N) is 3. The van der Waals surface area contributed by atoms with Crippen LogP contribution in [-0.2, 0) is 6.54 Å².